The van der Waals surface area contributed by atoms with E-state index in [1.54, 1.807) is 0 Å². The first kappa shape index (κ1) is 15.3. The van der Waals surface area contributed by atoms with Gasteiger partial charge >= 0.3 is 0 Å². The van der Waals surface area contributed by atoms with Crippen molar-refractivity contribution < 1.29 is 0 Å². The van der Waals surface area contributed by atoms with Crippen LogP contribution in [0.3, 0.4) is 0 Å². The average Bonchev–Trinajstić information content (AvgIpc) is 2.59. The summed E-state index contributed by atoms with van der Waals surface area (Å²) in [4.78, 5) is 9.53. The molecule has 0 amide bonds. The zero-order valence-corrected chi connectivity index (χ0v) is 12.6. The molecule has 0 unspecified atom stereocenters. The van der Waals surface area contributed by atoms with E-state index in [0.717, 1.165) is 32.6 Å². The van der Waals surface area contributed by atoms with Gasteiger partial charge in [-0.15, -0.1) is 0 Å². The number of rotatable bonds is 6. The highest BCUT2D eigenvalue weighted by Gasteiger charge is 2.24. The molecule has 0 spiro atoms. The van der Waals surface area contributed by atoms with Gasteiger partial charge in [0.25, 0.3) is 0 Å². The Balaban J connectivity index is 2.42. The van der Waals surface area contributed by atoms with Crippen LogP contribution in [0.15, 0.2) is 4.99 Å². The molecule has 2 N–H and O–H groups in total. The van der Waals surface area contributed by atoms with Crippen molar-refractivity contribution in [3.05, 3.63) is 0 Å². The molecule has 1 heterocycles. The van der Waals surface area contributed by atoms with Crippen LogP contribution in [0.1, 0.15) is 46.5 Å². The van der Waals surface area contributed by atoms with Crippen LogP contribution in [-0.2, 0) is 0 Å². The summed E-state index contributed by atoms with van der Waals surface area (Å²) in [6.07, 6.45) is 4.94. The lowest BCUT2D eigenvalue weighted by molar-refractivity contribution is 0.428. The fourth-order valence-corrected chi connectivity index (χ4v) is 2.18. The van der Waals surface area contributed by atoms with Crippen molar-refractivity contribution in [2.45, 2.75) is 52.0 Å². The molecule has 0 radical (unpaired) electrons. The van der Waals surface area contributed by atoms with Gasteiger partial charge < -0.3 is 15.5 Å². The zero-order chi connectivity index (χ0) is 13.6. The molecule has 0 aromatic rings. The van der Waals surface area contributed by atoms with Crippen LogP contribution in [0.25, 0.3) is 0 Å². The van der Waals surface area contributed by atoms with Crippen molar-refractivity contribution in [2.24, 2.45) is 10.7 Å². The van der Waals surface area contributed by atoms with Crippen molar-refractivity contribution in [2.75, 3.05) is 33.2 Å². The molecule has 0 saturated carbocycles. The van der Waals surface area contributed by atoms with Gasteiger partial charge in [0, 0.05) is 26.7 Å². The number of hydrogen-bond donors (Lipinski definition) is 1. The Labute approximate surface area is 112 Å². The smallest absolute Gasteiger partial charge is 0.196 e. The zero-order valence-electron chi connectivity index (χ0n) is 12.6. The van der Waals surface area contributed by atoms with E-state index in [2.05, 4.69) is 37.6 Å². The quantitative estimate of drug-likeness (QED) is 0.736. The molecule has 1 aliphatic heterocycles. The molecule has 0 bridgehead atoms. The van der Waals surface area contributed by atoms with Gasteiger partial charge in [-0.3, -0.25) is 0 Å². The van der Waals surface area contributed by atoms with Crippen LogP contribution >= 0.6 is 0 Å². The molecule has 0 aromatic heterocycles. The Morgan fingerprint density at radius 1 is 1.11 bits per heavy atom. The van der Waals surface area contributed by atoms with Crippen molar-refractivity contribution in [3.63, 3.8) is 0 Å². The molecular weight excluding hydrogens is 224 g/mol. The molecule has 1 fully saturated rings. The van der Waals surface area contributed by atoms with Gasteiger partial charge in [-0.05, 0) is 40.2 Å². The third-order valence-electron chi connectivity index (χ3n) is 3.15. The van der Waals surface area contributed by atoms with Crippen molar-refractivity contribution >= 4 is 5.96 Å². The second-order valence-corrected chi connectivity index (χ2v) is 6.19. The third kappa shape index (κ3) is 5.25. The van der Waals surface area contributed by atoms with Crippen LogP contribution in [0.2, 0.25) is 0 Å². The Kier molecular flexibility index (Phi) is 5.93. The highest BCUT2D eigenvalue weighted by atomic mass is 15.4. The lowest BCUT2D eigenvalue weighted by atomic mass is 10.1. The third-order valence-corrected chi connectivity index (χ3v) is 3.15. The molecular formula is C14H30N4. The van der Waals surface area contributed by atoms with E-state index in [4.69, 9.17) is 10.7 Å². The lowest BCUT2D eigenvalue weighted by Crippen LogP contribution is -2.34. The normalized spacial score (nSPS) is 19.1. The Morgan fingerprint density at radius 3 is 2.39 bits per heavy atom. The van der Waals surface area contributed by atoms with Gasteiger partial charge in [-0.1, -0.05) is 12.8 Å². The van der Waals surface area contributed by atoms with E-state index >= 15 is 0 Å². The van der Waals surface area contributed by atoms with Crippen molar-refractivity contribution in [3.8, 4) is 0 Å². The monoisotopic (exact) mass is 254 g/mol. The summed E-state index contributed by atoms with van der Waals surface area (Å²) in [5.41, 5.74) is 5.51. The van der Waals surface area contributed by atoms with Crippen molar-refractivity contribution in [1.29, 1.82) is 0 Å². The van der Waals surface area contributed by atoms with Gasteiger partial charge in [0.1, 0.15) is 0 Å². The number of nitrogens with two attached hydrogens (primary N) is 1. The Morgan fingerprint density at radius 2 is 1.78 bits per heavy atom. The molecule has 0 aliphatic carbocycles. The number of aliphatic imine (C=N–C) groups is 1. The summed E-state index contributed by atoms with van der Waals surface area (Å²) in [5, 5.41) is 0. The summed E-state index contributed by atoms with van der Waals surface area (Å²) in [6, 6.07) is 0. The van der Waals surface area contributed by atoms with Gasteiger partial charge in [0.15, 0.2) is 5.96 Å². The molecule has 1 aliphatic rings. The highest BCUT2D eigenvalue weighted by Crippen LogP contribution is 2.15. The maximum Gasteiger partial charge on any atom is 0.196 e. The summed E-state index contributed by atoms with van der Waals surface area (Å²) in [6.45, 7) is 10.6. The lowest BCUT2D eigenvalue weighted by Gasteiger charge is -2.24. The average molecular weight is 254 g/mol. The van der Waals surface area contributed by atoms with Crippen LogP contribution in [0.5, 0.6) is 0 Å². The van der Waals surface area contributed by atoms with E-state index in [9.17, 15) is 0 Å². The first-order valence-corrected chi connectivity index (χ1v) is 7.20. The predicted octanol–water partition coefficient (Wildman–Crippen LogP) is 1.91. The van der Waals surface area contributed by atoms with Crippen LogP contribution in [-0.4, -0.2) is 54.5 Å². The van der Waals surface area contributed by atoms with E-state index in [-0.39, 0.29) is 5.54 Å². The number of guanidine groups is 1. The second-order valence-electron chi connectivity index (χ2n) is 6.19. The largest absolute Gasteiger partial charge is 0.344 e. The molecule has 1 saturated heterocycles. The number of likely N-dealkylation sites (N-methyl/N-ethyl adjacent to an activating group) is 1. The standard InChI is InChI=1S/C14H30N4/c1-14(2,3)16-13-17(4)11-12-18(13)10-8-6-5-7-9-15/h5-12,15H2,1-4H3. The SMILES string of the molecule is CN1CCN(CCCCCCN)C1=NC(C)(C)C. The van der Waals surface area contributed by atoms with E-state index < -0.39 is 0 Å². The summed E-state index contributed by atoms with van der Waals surface area (Å²) >= 11 is 0. The summed E-state index contributed by atoms with van der Waals surface area (Å²) < 4.78 is 0. The van der Waals surface area contributed by atoms with Gasteiger partial charge in [0.05, 0.1) is 5.54 Å². The maximum atomic E-state index is 5.51. The first-order chi connectivity index (χ1) is 8.44. The molecule has 0 aromatic carbocycles. The minimum Gasteiger partial charge on any atom is -0.344 e. The maximum absolute atomic E-state index is 5.51. The van der Waals surface area contributed by atoms with E-state index in [0.29, 0.717) is 0 Å². The molecule has 1 rings (SSSR count). The summed E-state index contributed by atoms with van der Waals surface area (Å²) in [7, 11) is 2.14. The van der Waals surface area contributed by atoms with Gasteiger partial charge in [-0.25, -0.2) is 4.99 Å². The minimum absolute atomic E-state index is 0.00569. The Bertz CT molecular complexity index is 267. The topological polar surface area (TPSA) is 44.9 Å². The number of hydrogen-bond acceptors (Lipinski definition) is 2. The van der Waals surface area contributed by atoms with Gasteiger partial charge in [-0.2, -0.15) is 0 Å². The van der Waals surface area contributed by atoms with E-state index in [1.165, 1.54) is 25.2 Å². The second kappa shape index (κ2) is 6.98. The fourth-order valence-electron chi connectivity index (χ4n) is 2.18. The molecule has 18 heavy (non-hydrogen) atoms. The molecule has 4 nitrogen and oxygen atoms in total. The van der Waals surface area contributed by atoms with Crippen LogP contribution in [0, 0.1) is 0 Å². The number of nitrogens with zero attached hydrogens (tertiary/aromatic N) is 3. The molecule has 106 valence electrons. The Hall–Kier alpha value is -0.770. The summed E-state index contributed by atoms with van der Waals surface area (Å²) in [5.74, 6) is 1.17. The number of unbranched alkanes of at least 4 members (excludes halogenated alkanes) is 3. The predicted molar refractivity (Wildman–Crippen MR) is 78.9 cm³/mol. The van der Waals surface area contributed by atoms with E-state index in [1.807, 2.05) is 0 Å². The fraction of sp³-hybridized carbons (Fsp3) is 0.929. The highest BCUT2D eigenvalue weighted by molar-refractivity contribution is 5.82. The van der Waals surface area contributed by atoms with Crippen LogP contribution in [0.4, 0.5) is 0 Å². The minimum atomic E-state index is 0.00569. The van der Waals surface area contributed by atoms with Crippen molar-refractivity contribution in [1.82, 2.24) is 9.80 Å². The molecule has 0 atom stereocenters. The molecule has 4 heteroatoms. The first-order valence-electron chi connectivity index (χ1n) is 7.20. The van der Waals surface area contributed by atoms with Crippen LogP contribution < -0.4 is 5.73 Å². The van der Waals surface area contributed by atoms with Gasteiger partial charge in [0.2, 0.25) is 0 Å².